The largest absolute Gasteiger partial charge is 0.387 e. The number of anilines is 2. The Morgan fingerprint density at radius 1 is 0.811 bits per heavy atom. The van der Waals surface area contributed by atoms with Gasteiger partial charge in [0.1, 0.15) is 17.1 Å². The summed E-state index contributed by atoms with van der Waals surface area (Å²) in [5, 5.41) is 30.5. The van der Waals surface area contributed by atoms with E-state index in [9.17, 15) is 9.59 Å². The van der Waals surface area contributed by atoms with Crippen LogP contribution in [0.4, 0.5) is 11.9 Å². The zero-order valence-corrected chi connectivity index (χ0v) is 28.0. The van der Waals surface area contributed by atoms with Gasteiger partial charge in [-0.2, -0.15) is 5.10 Å². The van der Waals surface area contributed by atoms with E-state index in [1.165, 1.54) is 0 Å². The van der Waals surface area contributed by atoms with Crippen molar-refractivity contribution in [3.63, 3.8) is 0 Å². The number of aromatic nitrogens is 10. The maximum Gasteiger partial charge on any atom is 0.228 e. The SMILES string of the molecule is O=C(CCc1cnn(-c2ccccc2)c1)Nc1nnc(-c2ccc(-c3cccc(C4CC(C(=O)CNc5nnc(-c6ccccn6)[nH]5)=NO4)c3)cn2)[nH]1. The van der Waals surface area contributed by atoms with Crippen molar-refractivity contribution in [3.8, 4) is 39.9 Å². The first-order valence-corrected chi connectivity index (χ1v) is 16.8. The molecule has 0 radical (unpaired) electrons. The fourth-order valence-corrected chi connectivity index (χ4v) is 5.67. The predicted octanol–water partition coefficient (Wildman–Crippen LogP) is 4.97. The summed E-state index contributed by atoms with van der Waals surface area (Å²) in [5.41, 5.74) is 6.11. The van der Waals surface area contributed by atoms with Crippen molar-refractivity contribution >= 4 is 29.3 Å². The van der Waals surface area contributed by atoms with Crippen molar-refractivity contribution in [1.29, 1.82) is 0 Å². The maximum absolute atomic E-state index is 12.9. The number of Topliss-reactive ketones (excluding diaryl/α,β-unsaturated/α-hetero) is 1. The van der Waals surface area contributed by atoms with Crippen LogP contribution in [0.2, 0.25) is 0 Å². The molecule has 1 aliphatic heterocycles. The van der Waals surface area contributed by atoms with Gasteiger partial charge in [-0.15, -0.1) is 20.4 Å². The van der Waals surface area contributed by atoms with Crippen molar-refractivity contribution in [2.45, 2.75) is 25.4 Å². The smallest absolute Gasteiger partial charge is 0.228 e. The van der Waals surface area contributed by atoms with Gasteiger partial charge in [-0.25, -0.2) is 4.68 Å². The average molecular weight is 706 g/mol. The van der Waals surface area contributed by atoms with Crippen LogP contribution in [0.1, 0.15) is 30.1 Å². The van der Waals surface area contributed by atoms with Gasteiger partial charge in [0.25, 0.3) is 0 Å². The zero-order valence-electron chi connectivity index (χ0n) is 28.0. The van der Waals surface area contributed by atoms with E-state index in [2.05, 4.69) is 61.2 Å². The number of nitrogens with one attached hydrogen (secondary N) is 4. The van der Waals surface area contributed by atoms with Crippen LogP contribution >= 0.6 is 0 Å². The number of rotatable bonds is 13. The number of carbonyl (C=O) groups is 2. The molecule has 1 atom stereocenters. The van der Waals surface area contributed by atoms with E-state index in [1.54, 1.807) is 23.3 Å². The standard InChI is InChI=1S/C37H31N13O3/c51-31(21-40-36-43-34(45-47-36)28-11-4-5-16-38-28)30-18-32(53-49-30)25-8-6-7-24(17-25)26-13-14-29(39-20-26)35-44-37(48-46-35)42-33(52)15-12-23-19-41-50(22-23)27-9-2-1-3-10-27/h1-11,13-14,16-17,19-20,22,32H,12,15,18,21H2,(H2,40,43,45,47)(H2,42,44,46,48,52). The second kappa shape index (κ2) is 14.9. The number of oxime groups is 1. The second-order valence-corrected chi connectivity index (χ2v) is 12.1. The van der Waals surface area contributed by atoms with E-state index in [0.29, 0.717) is 47.5 Å². The van der Waals surface area contributed by atoms with Crippen LogP contribution in [-0.4, -0.2) is 74.1 Å². The molecule has 1 unspecified atom stereocenters. The first-order chi connectivity index (χ1) is 26.0. The number of aromatic amines is 2. The van der Waals surface area contributed by atoms with Crippen LogP contribution in [0.3, 0.4) is 0 Å². The van der Waals surface area contributed by atoms with Crippen molar-refractivity contribution in [3.05, 3.63) is 121 Å². The van der Waals surface area contributed by atoms with Crippen LogP contribution in [0, 0.1) is 0 Å². The molecule has 0 fully saturated rings. The molecule has 4 N–H and O–H groups in total. The molecule has 262 valence electrons. The van der Waals surface area contributed by atoms with Crippen molar-refractivity contribution in [2.24, 2.45) is 5.16 Å². The minimum atomic E-state index is -0.406. The molecule has 2 aromatic carbocycles. The van der Waals surface area contributed by atoms with Crippen LogP contribution < -0.4 is 10.6 Å². The van der Waals surface area contributed by atoms with Gasteiger partial charge in [0.15, 0.2) is 23.5 Å². The predicted molar refractivity (Wildman–Crippen MR) is 195 cm³/mol. The minimum Gasteiger partial charge on any atom is -0.387 e. The molecular formula is C37H31N13O3. The monoisotopic (exact) mass is 705 g/mol. The number of aryl methyl sites for hydroxylation is 1. The van der Waals surface area contributed by atoms with E-state index in [1.807, 2.05) is 91.1 Å². The Labute approximate surface area is 301 Å². The quantitative estimate of drug-likeness (QED) is 0.126. The highest BCUT2D eigenvalue weighted by Gasteiger charge is 2.27. The lowest BCUT2D eigenvalue weighted by molar-refractivity contribution is -0.116. The van der Waals surface area contributed by atoms with Gasteiger partial charge in [-0.05, 0) is 59.5 Å². The molecule has 0 spiro atoms. The third-order valence-electron chi connectivity index (χ3n) is 8.44. The Kier molecular flexibility index (Phi) is 9.20. The third kappa shape index (κ3) is 7.70. The number of hydrogen-bond acceptors (Lipinski definition) is 12. The molecule has 6 heterocycles. The molecule has 0 saturated heterocycles. The van der Waals surface area contributed by atoms with Crippen LogP contribution in [0.5, 0.6) is 0 Å². The number of pyridine rings is 2. The third-order valence-corrected chi connectivity index (χ3v) is 8.44. The van der Waals surface area contributed by atoms with E-state index in [4.69, 9.17) is 4.84 Å². The lowest BCUT2D eigenvalue weighted by atomic mass is 9.98. The van der Waals surface area contributed by atoms with E-state index >= 15 is 0 Å². The summed E-state index contributed by atoms with van der Waals surface area (Å²) < 4.78 is 1.78. The van der Waals surface area contributed by atoms with Gasteiger partial charge in [-0.1, -0.05) is 53.7 Å². The molecular weight excluding hydrogens is 674 g/mol. The average Bonchev–Trinajstić information content (AvgIpc) is 4.05. The summed E-state index contributed by atoms with van der Waals surface area (Å²) in [5.74, 6) is 1.11. The van der Waals surface area contributed by atoms with Gasteiger partial charge in [0.05, 0.1) is 18.4 Å². The normalized spacial score (nSPS) is 13.7. The number of carbonyl (C=O) groups excluding carboxylic acids is 2. The number of hydrogen-bond donors (Lipinski definition) is 4. The number of H-pyrrole nitrogens is 2. The van der Waals surface area contributed by atoms with Gasteiger partial charge < -0.3 is 20.1 Å². The molecule has 1 aliphatic rings. The first kappa shape index (κ1) is 32.8. The Balaban J connectivity index is 0.825. The summed E-state index contributed by atoms with van der Waals surface area (Å²) in [4.78, 5) is 46.0. The second-order valence-electron chi connectivity index (χ2n) is 12.1. The number of amides is 1. The fraction of sp³-hybridized carbons (Fsp3) is 0.135. The number of ketones is 1. The summed E-state index contributed by atoms with van der Waals surface area (Å²) in [6, 6.07) is 26.8. The summed E-state index contributed by atoms with van der Waals surface area (Å²) >= 11 is 0. The molecule has 0 aliphatic carbocycles. The molecule has 5 aromatic heterocycles. The minimum absolute atomic E-state index is 0.0222. The van der Waals surface area contributed by atoms with Crippen molar-refractivity contribution < 1.29 is 14.4 Å². The van der Waals surface area contributed by atoms with E-state index in [0.717, 1.165) is 27.9 Å². The first-order valence-electron chi connectivity index (χ1n) is 16.8. The molecule has 8 rings (SSSR count). The van der Waals surface area contributed by atoms with E-state index in [-0.39, 0.29) is 30.6 Å². The number of benzene rings is 2. The molecule has 0 bridgehead atoms. The molecule has 0 saturated carbocycles. The molecule has 16 heteroatoms. The van der Waals surface area contributed by atoms with Gasteiger partial charge in [-0.3, -0.25) is 24.9 Å². The van der Waals surface area contributed by atoms with Gasteiger partial charge in [0, 0.05) is 37.0 Å². The topological polar surface area (TPSA) is 207 Å². The van der Waals surface area contributed by atoms with Gasteiger partial charge in [0.2, 0.25) is 17.8 Å². The lowest BCUT2D eigenvalue weighted by Gasteiger charge is -2.10. The van der Waals surface area contributed by atoms with Crippen LogP contribution in [-0.2, 0) is 20.8 Å². The summed E-state index contributed by atoms with van der Waals surface area (Å²) in [6.45, 7) is -0.0222. The fourth-order valence-electron chi connectivity index (χ4n) is 5.67. The number of para-hydroxylation sites is 1. The van der Waals surface area contributed by atoms with Crippen LogP contribution in [0.15, 0.2) is 115 Å². The molecule has 7 aromatic rings. The highest BCUT2D eigenvalue weighted by molar-refractivity contribution is 6.41. The zero-order chi connectivity index (χ0) is 36.0. The van der Waals surface area contributed by atoms with Gasteiger partial charge >= 0.3 is 0 Å². The Bertz CT molecular complexity index is 2390. The summed E-state index contributed by atoms with van der Waals surface area (Å²) in [6.07, 6.45) is 7.79. The van der Waals surface area contributed by atoms with Crippen LogP contribution in [0.25, 0.3) is 39.9 Å². The van der Waals surface area contributed by atoms with E-state index < -0.39 is 6.10 Å². The van der Waals surface area contributed by atoms with Crippen molar-refractivity contribution in [2.75, 3.05) is 17.2 Å². The highest BCUT2D eigenvalue weighted by Crippen LogP contribution is 2.31. The Morgan fingerprint density at radius 2 is 1.62 bits per heavy atom. The molecule has 1 amide bonds. The number of nitrogens with zero attached hydrogens (tertiary/aromatic N) is 9. The summed E-state index contributed by atoms with van der Waals surface area (Å²) in [7, 11) is 0. The van der Waals surface area contributed by atoms with Crippen molar-refractivity contribution in [1.82, 2.24) is 50.1 Å². The molecule has 53 heavy (non-hydrogen) atoms. The lowest BCUT2D eigenvalue weighted by Crippen LogP contribution is -2.22. The molecule has 16 nitrogen and oxygen atoms in total. The Morgan fingerprint density at radius 3 is 2.43 bits per heavy atom. The maximum atomic E-state index is 12.9. The highest BCUT2D eigenvalue weighted by atomic mass is 16.6. The Hall–Kier alpha value is -7.36.